The number of aryl methyl sites for hydroxylation is 2. The number of aromatic nitrogens is 1. The van der Waals surface area contributed by atoms with Crippen LogP contribution < -0.4 is 0 Å². The number of nitrogens with zero attached hydrogens (tertiary/aromatic N) is 1. The normalized spacial score (nSPS) is 22.2. The lowest BCUT2D eigenvalue weighted by atomic mass is 9.87. The Morgan fingerprint density at radius 3 is 2.37 bits per heavy atom. The Morgan fingerprint density at radius 1 is 1.17 bits per heavy atom. The molecule has 0 unspecified atom stereocenters. The molecule has 0 saturated carbocycles. The summed E-state index contributed by atoms with van der Waals surface area (Å²) in [6, 6.07) is 8.42. The van der Waals surface area contributed by atoms with Crippen LogP contribution in [0.15, 0.2) is 28.7 Å². The van der Waals surface area contributed by atoms with Crippen molar-refractivity contribution in [2.24, 2.45) is 5.92 Å². The zero-order valence-electron chi connectivity index (χ0n) is 18.7. The summed E-state index contributed by atoms with van der Waals surface area (Å²) in [4.78, 5) is 15.8. The fourth-order valence-corrected chi connectivity index (χ4v) is 3.56. The standard InChI is InChI=1S/C24H33NO5/c1-16-20(9-7-6-8-17-14-28-24(5,22(26)27)29-15-17)25-21(30-16)18-10-12-19(13-11-18)23(2,3)4/h10-13,17H,6-9,14-15H2,1-5H3,(H,26,27). The predicted molar refractivity (Wildman–Crippen MR) is 114 cm³/mol. The van der Waals surface area contributed by atoms with Crippen molar-refractivity contribution in [2.75, 3.05) is 13.2 Å². The molecule has 0 radical (unpaired) electrons. The first kappa shape index (κ1) is 22.5. The van der Waals surface area contributed by atoms with E-state index in [9.17, 15) is 4.79 Å². The molecule has 0 amide bonds. The number of aliphatic carboxylic acids is 1. The van der Waals surface area contributed by atoms with Gasteiger partial charge in [0.15, 0.2) is 0 Å². The Hall–Kier alpha value is -2.18. The van der Waals surface area contributed by atoms with E-state index in [2.05, 4.69) is 45.0 Å². The van der Waals surface area contributed by atoms with E-state index in [0.29, 0.717) is 19.1 Å². The summed E-state index contributed by atoms with van der Waals surface area (Å²) in [5.74, 6) is -0.814. The van der Waals surface area contributed by atoms with Crippen LogP contribution in [0.25, 0.3) is 11.5 Å². The maximum Gasteiger partial charge on any atom is 0.364 e. The Bertz CT molecular complexity index is 855. The smallest absolute Gasteiger partial charge is 0.364 e. The second-order valence-corrected chi connectivity index (χ2v) is 9.33. The zero-order valence-corrected chi connectivity index (χ0v) is 18.7. The van der Waals surface area contributed by atoms with Crippen LogP contribution in [0, 0.1) is 12.8 Å². The van der Waals surface area contributed by atoms with Crippen molar-refractivity contribution in [1.29, 1.82) is 0 Å². The van der Waals surface area contributed by atoms with Gasteiger partial charge in [-0.25, -0.2) is 9.78 Å². The summed E-state index contributed by atoms with van der Waals surface area (Å²) < 4.78 is 16.7. The molecule has 0 bridgehead atoms. The van der Waals surface area contributed by atoms with Gasteiger partial charge in [0.25, 0.3) is 5.79 Å². The van der Waals surface area contributed by atoms with Gasteiger partial charge in [-0.15, -0.1) is 0 Å². The summed E-state index contributed by atoms with van der Waals surface area (Å²) in [5.41, 5.74) is 3.40. The molecule has 164 valence electrons. The number of oxazole rings is 1. The number of ether oxygens (including phenoxy) is 2. The molecule has 1 aromatic carbocycles. The van der Waals surface area contributed by atoms with E-state index >= 15 is 0 Å². The van der Waals surface area contributed by atoms with Gasteiger partial charge in [0.2, 0.25) is 5.89 Å². The number of benzene rings is 1. The minimum atomic E-state index is -1.50. The average Bonchev–Trinajstić information content (AvgIpc) is 3.07. The fraction of sp³-hybridized carbons (Fsp3) is 0.583. The highest BCUT2D eigenvalue weighted by Crippen LogP contribution is 2.28. The summed E-state index contributed by atoms with van der Waals surface area (Å²) in [7, 11) is 0. The van der Waals surface area contributed by atoms with Crippen molar-refractivity contribution in [2.45, 2.75) is 71.5 Å². The van der Waals surface area contributed by atoms with Crippen molar-refractivity contribution >= 4 is 5.97 Å². The van der Waals surface area contributed by atoms with E-state index in [1.807, 2.05) is 6.92 Å². The van der Waals surface area contributed by atoms with Crippen molar-refractivity contribution in [3.63, 3.8) is 0 Å². The number of carboxylic acids is 1. The SMILES string of the molecule is Cc1oc(-c2ccc(C(C)(C)C)cc2)nc1CCCCC1COC(C)(C(=O)O)OC1. The van der Waals surface area contributed by atoms with E-state index in [1.54, 1.807) is 0 Å². The first-order valence-corrected chi connectivity index (χ1v) is 10.7. The van der Waals surface area contributed by atoms with Crippen LogP contribution in [0.2, 0.25) is 0 Å². The van der Waals surface area contributed by atoms with E-state index < -0.39 is 11.8 Å². The van der Waals surface area contributed by atoms with Gasteiger partial charge in [-0.2, -0.15) is 0 Å². The molecule has 6 nitrogen and oxygen atoms in total. The van der Waals surface area contributed by atoms with E-state index in [-0.39, 0.29) is 11.3 Å². The Morgan fingerprint density at radius 2 is 1.80 bits per heavy atom. The largest absolute Gasteiger partial charge is 0.477 e. The quantitative estimate of drug-likeness (QED) is 0.632. The average molecular weight is 416 g/mol. The number of carboxylic acid groups (broad SMARTS) is 1. The number of unbranched alkanes of at least 4 members (excludes halogenated alkanes) is 1. The Kier molecular flexibility index (Phi) is 6.68. The fourth-order valence-electron chi connectivity index (χ4n) is 3.56. The van der Waals surface area contributed by atoms with Gasteiger partial charge in [-0.3, -0.25) is 0 Å². The zero-order chi connectivity index (χ0) is 21.9. The second-order valence-electron chi connectivity index (χ2n) is 9.33. The topological polar surface area (TPSA) is 81.8 Å². The van der Waals surface area contributed by atoms with Crippen LogP contribution >= 0.6 is 0 Å². The molecule has 1 saturated heterocycles. The van der Waals surface area contributed by atoms with Gasteiger partial charge < -0.3 is 19.0 Å². The monoisotopic (exact) mass is 415 g/mol. The summed E-state index contributed by atoms with van der Waals surface area (Å²) in [6.07, 6.45) is 3.79. The molecule has 1 N–H and O–H groups in total. The molecule has 2 aromatic rings. The lowest BCUT2D eigenvalue weighted by Crippen LogP contribution is -2.47. The maximum atomic E-state index is 11.1. The predicted octanol–water partition coefficient (Wildman–Crippen LogP) is 5.12. The lowest BCUT2D eigenvalue weighted by molar-refractivity contribution is -0.271. The van der Waals surface area contributed by atoms with Crippen LogP contribution in [-0.2, 0) is 26.1 Å². The molecular weight excluding hydrogens is 382 g/mol. The minimum Gasteiger partial charge on any atom is -0.477 e. The Labute approximate surface area is 178 Å². The van der Waals surface area contributed by atoms with Crippen molar-refractivity contribution in [3.8, 4) is 11.5 Å². The van der Waals surface area contributed by atoms with Crippen molar-refractivity contribution in [1.82, 2.24) is 4.98 Å². The number of carbonyl (C=O) groups is 1. The van der Waals surface area contributed by atoms with Crippen LogP contribution in [0.1, 0.15) is 64.0 Å². The van der Waals surface area contributed by atoms with Crippen LogP contribution in [-0.4, -0.2) is 35.1 Å². The summed E-state index contributed by atoms with van der Waals surface area (Å²) in [6.45, 7) is 10.8. The van der Waals surface area contributed by atoms with Crippen molar-refractivity contribution in [3.05, 3.63) is 41.3 Å². The van der Waals surface area contributed by atoms with Gasteiger partial charge in [0.1, 0.15) is 5.76 Å². The number of hydrogen-bond acceptors (Lipinski definition) is 5. The van der Waals surface area contributed by atoms with Gasteiger partial charge >= 0.3 is 5.97 Å². The molecule has 3 rings (SSSR count). The summed E-state index contributed by atoms with van der Waals surface area (Å²) >= 11 is 0. The first-order chi connectivity index (χ1) is 14.1. The molecule has 30 heavy (non-hydrogen) atoms. The van der Waals surface area contributed by atoms with E-state index in [4.69, 9.17) is 24.0 Å². The van der Waals surface area contributed by atoms with Crippen LogP contribution in [0.3, 0.4) is 0 Å². The molecule has 6 heteroatoms. The summed E-state index contributed by atoms with van der Waals surface area (Å²) in [5, 5.41) is 9.12. The molecule has 0 spiro atoms. The molecular formula is C24H33NO5. The van der Waals surface area contributed by atoms with Gasteiger partial charge in [0, 0.05) is 18.4 Å². The molecule has 1 aliphatic heterocycles. The van der Waals surface area contributed by atoms with Gasteiger partial charge in [-0.05, 0) is 49.3 Å². The highest BCUT2D eigenvalue weighted by molar-refractivity contribution is 5.75. The lowest BCUT2D eigenvalue weighted by Gasteiger charge is -2.34. The molecule has 2 heterocycles. The highest BCUT2D eigenvalue weighted by atomic mass is 16.7. The maximum absolute atomic E-state index is 11.1. The Balaban J connectivity index is 1.48. The van der Waals surface area contributed by atoms with Gasteiger partial charge in [-0.1, -0.05) is 39.3 Å². The van der Waals surface area contributed by atoms with E-state index in [0.717, 1.165) is 42.7 Å². The number of rotatable bonds is 7. The van der Waals surface area contributed by atoms with Crippen LogP contribution in [0.5, 0.6) is 0 Å². The second kappa shape index (κ2) is 8.90. The molecule has 1 fully saturated rings. The molecule has 0 aliphatic carbocycles. The molecule has 0 atom stereocenters. The minimum absolute atomic E-state index is 0.122. The van der Waals surface area contributed by atoms with Crippen LogP contribution in [0.4, 0.5) is 0 Å². The third kappa shape index (κ3) is 5.29. The first-order valence-electron chi connectivity index (χ1n) is 10.7. The van der Waals surface area contributed by atoms with Gasteiger partial charge in [0.05, 0.1) is 18.9 Å². The third-order valence-electron chi connectivity index (χ3n) is 5.74. The molecule has 1 aliphatic rings. The number of hydrogen-bond donors (Lipinski definition) is 1. The third-order valence-corrected chi connectivity index (χ3v) is 5.74. The molecule has 1 aromatic heterocycles. The highest BCUT2D eigenvalue weighted by Gasteiger charge is 2.40. The van der Waals surface area contributed by atoms with E-state index in [1.165, 1.54) is 12.5 Å². The van der Waals surface area contributed by atoms with Crippen molar-refractivity contribution < 1.29 is 23.8 Å².